The van der Waals surface area contributed by atoms with Gasteiger partial charge in [0.05, 0.1) is 5.39 Å². The van der Waals surface area contributed by atoms with Gasteiger partial charge in [0, 0.05) is 21.6 Å². The predicted molar refractivity (Wildman–Crippen MR) is 108 cm³/mol. The molecule has 0 amide bonds. The number of allylic oxidation sites excluding steroid dienone is 1. The number of anilines is 2. The standard InChI is InChI=1S/C19H18BrN3OS/c1-2-11-23-18(24)16-14-5-3-4-6-15(14)25-17(16)22-19(23)21-13-9-7-12(20)8-10-13/h2,7-10H,1,3-6,11H2,(H,21,22). The zero-order chi connectivity index (χ0) is 17.4. The third kappa shape index (κ3) is 3.04. The topological polar surface area (TPSA) is 46.9 Å². The maximum atomic E-state index is 13.2. The summed E-state index contributed by atoms with van der Waals surface area (Å²) in [5.41, 5.74) is 2.15. The van der Waals surface area contributed by atoms with Gasteiger partial charge in [-0.2, -0.15) is 0 Å². The molecular weight excluding hydrogens is 398 g/mol. The number of benzene rings is 1. The molecule has 0 atom stereocenters. The van der Waals surface area contributed by atoms with Crippen LogP contribution in [0, 0.1) is 0 Å². The molecule has 6 heteroatoms. The summed E-state index contributed by atoms with van der Waals surface area (Å²) in [6.07, 6.45) is 6.14. The predicted octanol–water partition coefficient (Wildman–Crippen LogP) is 5.03. The lowest BCUT2D eigenvalue weighted by atomic mass is 9.97. The molecule has 1 aliphatic rings. The average Bonchev–Trinajstić information content (AvgIpc) is 2.98. The second-order valence-electron chi connectivity index (χ2n) is 6.16. The van der Waals surface area contributed by atoms with Crippen LogP contribution in [0.25, 0.3) is 10.2 Å². The monoisotopic (exact) mass is 415 g/mol. The third-order valence-corrected chi connectivity index (χ3v) is 6.20. The molecule has 0 fully saturated rings. The number of rotatable bonds is 4. The Morgan fingerprint density at radius 3 is 2.80 bits per heavy atom. The lowest BCUT2D eigenvalue weighted by Crippen LogP contribution is -2.24. The summed E-state index contributed by atoms with van der Waals surface area (Å²) >= 11 is 5.11. The summed E-state index contributed by atoms with van der Waals surface area (Å²) in [6.45, 7) is 4.23. The van der Waals surface area contributed by atoms with Crippen LogP contribution in [-0.4, -0.2) is 9.55 Å². The first-order valence-electron chi connectivity index (χ1n) is 8.36. The molecule has 128 valence electrons. The number of nitrogens with one attached hydrogen (secondary N) is 1. The molecule has 0 aliphatic heterocycles. The van der Waals surface area contributed by atoms with Crippen LogP contribution in [0.3, 0.4) is 0 Å². The Bertz CT molecular complexity index is 1000. The number of hydrogen-bond donors (Lipinski definition) is 1. The third-order valence-electron chi connectivity index (χ3n) is 4.49. The molecule has 0 spiro atoms. The minimum atomic E-state index is 0.0314. The minimum absolute atomic E-state index is 0.0314. The Morgan fingerprint density at radius 2 is 2.04 bits per heavy atom. The van der Waals surface area contributed by atoms with Crippen LogP contribution in [0.5, 0.6) is 0 Å². The van der Waals surface area contributed by atoms with Crippen molar-refractivity contribution in [3.05, 3.63) is 62.2 Å². The molecule has 3 aromatic rings. The lowest BCUT2D eigenvalue weighted by molar-refractivity contribution is 0.698. The van der Waals surface area contributed by atoms with E-state index in [0.717, 1.165) is 39.6 Å². The molecule has 2 aromatic heterocycles. The van der Waals surface area contributed by atoms with Gasteiger partial charge in [0.25, 0.3) is 5.56 Å². The van der Waals surface area contributed by atoms with Crippen molar-refractivity contribution >= 4 is 49.1 Å². The van der Waals surface area contributed by atoms with Crippen molar-refractivity contribution in [1.82, 2.24) is 9.55 Å². The van der Waals surface area contributed by atoms with Crippen molar-refractivity contribution < 1.29 is 0 Å². The highest BCUT2D eigenvalue weighted by Gasteiger charge is 2.21. The van der Waals surface area contributed by atoms with E-state index in [-0.39, 0.29) is 5.56 Å². The largest absolute Gasteiger partial charge is 0.325 e. The van der Waals surface area contributed by atoms with Crippen molar-refractivity contribution in [3.63, 3.8) is 0 Å². The highest BCUT2D eigenvalue weighted by Crippen LogP contribution is 2.34. The number of aryl methyl sites for hydroxylation is 2. The number of hydrogen-bond acceptors (Lipinski definition) is 4. The molecule has 2 heterocycles. The van der Waals surface area contributed by atoms with Gasteiger partial charge in [-0.15, -0.1) is 17.9 Å². The van der Waals surface area contributed by atoms with Crippen molar-refractivity contribution in [3.8, 4) is 0 Å². The lowest BCUT2D eigenvalue weighted by Gasteiger charge is -2.13. The molecule has 1 aliphatic carbocycles. The number of nitrogens with zero attached hydrogens (tertiary/aromatic N) is 2. The van der Waals surface area contributed by atoms with Gasteiger partial charge in [-0.3, -0.25) is 9.36 Å². The average molecular weight is 416 g/mol. The Labute approximate surface area is 158 Å². The van der Waals surface area contributed by atoms with Crippen molar-refractivity contribution in [2.75, 3.05) is 5.32 Å². The van der Waals surface area contributed by atoms with E-state index >= 15 is 0 Å². The van der Waals surface area contributed by atoms with Crippen LogP contribution in [0.2, 0.25) is 0 Å². The summed E-state index contributed by atoms with van der Waals surface area (Å²) in [4.78, 5) is 20.1. The molecule has 0 bridgehead atoms. The molecule has 25 heavy (non-hydrogen) atoms. The second-order valence-corrected chi connectivity index (χ2v) is 8.16. The second kappa shape index (κ2) is 6.77. The van der Waals surface area contributed by atoms with E-state index in [1.54, 1.807) is 22.0 Å². The van der Waals surface area contributed by atoms with Gasteiger partial charge in [0.2, 0.25) is 5.95 Å². The van der Waals surface area contributed by atoms with Crippen LogP contribution in [0.15, 0.2) is 46.2 Å². The number of thiophene rings is 1. The first-order valence-corrected chi connectivity index (χ1v) is 9.97. The normalized spacial score (nSPS) is 13.6. The van der Waals surface area contributed by atoms with Gasteiger partial charge >= 0.3 is 0 Å². The van der Waals surface area contributed by atoms with Gasteiger partial charge < -0.3 is 5.32 Å². The minimum Gasteiger partial charge on any atom is -0.325 e. The van der Waals surface area contributed by atoms with E-state index in [1.165, 1.54) is 16.9 Å². The van der Waals surface area contributed by atoms with Gasteiger partial charge in [0.15, 0.2) is 0 Å². The summed E-state index contributed by atoms with van der Waals surface area (Å²) in [7, 11) is 0. The SMILES string of the molecule is C=CCn1c(Nc2ccc(Br)cc2)nc2sc3c(c2c1=O)CCCC3. The van der Waals surface area contributed by atoms with Crippen LogP contribution >= 0.6 is 27.3 Å². The number of fused-ring (bicyclic) bond motifs is 3. The molecule has 0 saturated heterocycles. The fourth-order valence-electron chi connectivity index (χ4n) is 3.29. The van der Waals surface area contributed by atoms with E-state index < -0.39 is 0 Å². The zero-order valence-electron chi connectivity index (χ0n) is 13.7. The quantitative estimate of drug-likeness (QED) is 0.607. The first kappa shape index (κ1) is 16.5. The summed E-state index contributed by atoms with van der Waals surface area (Å²) in [5, 5.41) is 4.10. The fraction of sp³-hybridized carbons (Fsp3) is 0.263. The van der Waals surface area contributed by atoms with E-state index in [4.69, 9.17) is 4.98 Å². The Morgan fingerprint density at radius 1 is 1.28 bits per heavy atom. The Hall–Kier alpha value is -1.92. The Balaban J connectivity index is 1.87. The Kier molecular flexibility index (Phi) is 4.48. The molecule has 4 nitrogen and oxygen atoms in total. The molecule has 1 N–H and O–H groups in total. The number of halogens is 1. The van der Waals surface area contributed by atoms with Crippen LogP contribution in [-0.2, 0) is 19.4 Å². The molecule has 4 rings (SSSR count). The van der Waals surface area contributed by atoms with E-state index in [1.807, 2.05) is 24.3 Å². The van der Waals surface area contributed by atoms with Crippen molar-refractivity contribution in [1.29, 1.82) is 0 Å². The first-order chi connectivity index (χ1) is 12.2. The number of aromatic nitrogens is 2. The summed E-state index contributed by atoms with van der Waals surface area (Å²) in [5.74, 6) is 0.568. The highest BCUT2D eigenvalue weighted by atomic mass is 79.9. The maximum Gasteiger partial charge on any atom is 0.264 e. The molecule has 1 aromatic carbocycles. The smallest absolute Gasteiger partial charge is 0.264 e. The highest BCUT2D eigenvalue weighted by molar-refractivity contribution is 9.10. The van der Waals surface area contributed by atoms with Gasteiger partial charge in [-0.05, 0) is 55.5 Å². The summed E-state index contributed by atoms with van der Waals surface area (Å²) < 4.78 is 2.69. The maximum absolute atomic E-state index is 13.2. The van der Waals surface area contributed by atoms with Gasteiger partial charge in [-0.25, -0.2) is 4.98 Å². The van der Waals surface area contributed by atoms with E-state index in [9.17, 15) is 4.79 Å². The summed E-state index contributed by atoms with van der Waals surface area (Å²) in [6, 6.07) is 7.83. The van der Waals surface area contributed by atoms with Crippen LogP contribution < -0.4 is 10.9 Å². The van der Waals surface area contributed by atoms with Crippen molar-refractivity contribution in [2.45, 2.75) is 32.2 Å². The fourth-order valence-corrected chi connectivity index (χ4v) is 4.81. The van der Waals surface area contributed by atoms with Gasteiger partial charge in [-0.1, -0.05) is 22.0 Å². The van der Waals surface area contributed by atoms with E-state index in [2.05, 4.69) is 27.8 Å². The molecule has 0 saturated carbocycles. The van der Waals surface area contributed by atoms with Crippen LogP contribution in [0.1, 0.15) is 23.3 Å². The van der Waals surface area contributed by atoms with Crippen LogP contribution in [0.4, 0.5) is 11.6 Å². The zero-order valence-corrected chi connectivity index (χ0v) is 16.1. The van der Waals surface area contributed by atoms with Crippen molar-refractivity contribution in [2.24, 2.45) is 0 Å². The van der Waals surface area contributed by atoms with E-state index in [0.29, 0.717) is 12.5 Å². The van der Waals surface area contributed by atoms with Gasteiger partial charge in [0.1, 0.15) is 4.83 Å². The molecule has 0 radical (unpaired) electrons. The molecule has 0 unspecified atom stereocenters. The molecular formula is C19H18BrN3OS.